The van der Waals surface area contributed by atoms with E-state index in [1.54, 1.807) is 24.1 Å². The molecule has 1 saturated heterocycles. The molecule has 4 rings (SSSR count). The Bertz CT molecular complexity index is 1020. The van der Waals surface area contributed by atoms with E-state index in [-0.39, 0.29) is 24.6 Å². The van der Waals surface area contributed by atoms with E-state index in [0.29, 0.717) is 24.2 Å². The molecule has 1 N–H and O–H groups in total. The quantitative estimate of drug-likeness (QED) is 0.640. The van der Waals surface area contributed by atoms with Gasteiger partial charge in [-0.05, 0) is 24.1 Å². The number of aromatic nitrogens is 5. The van der Waals surface area contributed by atoms with Crippen molar-refractivity contribution < 1.29 is 27.8 Å². The Labute approximate surface area is 169 Å². The molecule has 3 heterocycles. The van der Waals surface area contributed by atoms with Crippen molar-refractivity contribution in [1.29, 1.82) is 0 Å². The topological polar surface area (TPSA) is 98.4 Å². The predicted octanol–water partition coefficient (Wildman–Crippen LogP) is 1.79. The van der Waals surface area contributed by atoms with Crippen molar-refractivity contribution in [3.05, 3.63) is 29.8 Å². The lowest BCUT2D eigenvalue weighted by Gasteiger charge is -2.17. The lowest BCUT2D eigenvalue weighted by atomic mass is 10.2. The van der Waals surface area contributed by atoms with E-state index in [4.69, 9.17) is 9.47 Å². The zero-order valence-corrected chi connectivity index (χ0v) is 16.0. The maximum Gasteiger partial charge on any atom is 0.422 e. The molecular weight excluding hydrogens is 405 g/mol. The van der Waals surface area contributed by atoms with E-state index in [2.05, 4.69) is 20.3 Å². The molecule has 160 valence electrons. The SMILES string of the molecule is COc1ccc(Cn2nnc3c(N4CCC(O)C4)nc(OCC(F)(F)F)nc32)cc1. The first kappa shape index (κ1) is 20.1. The first-order valence-electron chi connectivity index (χ1n) is 9.19. The first-order chi connectivity index (χ1) is 14.3. The molecule has 1 aliphatic rings. The normalized spacial score (nSPS) is 17.0. The molecule has 0 radical (unpaired) electrons. The number of fused-ring (bicyclic) bond motifs is 1. The summed E-state index contributed by atoms with van der Waals surface area (Å²) in [5.41, 5.74) is 1.45. The van der Waals surface area contributed by atoms with Gasteiger partial charge in [0.15, 0.2) is 23.6 Å². The molecule has 2 aromatic heterocycles. The van der Waals surface area contributed by atoms with Crippen LogP contribution in [-0.4, -0.2) is 69.2 Å². The maximum atomic E-state index is 12.6. The van der Waals surface area contributed by atoms with Gasteiger partial charge in [0.2, 0.25) is 0 Å². The van der Waals surface area contributed by atoms with Crippen LogP contribution in [0, 0.1) is 0 Å². The summed E-state index contributed by atoms with van der Waals surface area (Å²) in [7, 11) is 1.57. The molecule has 12 heteroatoms. The van der Waals surface area contributed by atoms with Gasteiger partial charge in [-0.15, -0.1) is 5.10 Å². The van der Waals surface area contributed by atoms with Crippen molar-refractivity contribution in [3.8, 4) is 11.8 Å². The highest BCUT2D eigenvalue weighted by Gasteiger charge is 2.31. The third kappa shape index (κ3) is 4.37. The van der Waals surface area contributed by atoms with E-state index < -0.39 is 24.9 Å². The van der Waals surface area contributed by atoms with E-state index in [0.717, 1.165) is 5.56 Å². The fourth-order valence-electron chi connectivity index (χ4n) is 3.20. The number of hydrogen-bond donors (Lipinski definition) is 1. The maximum absolute atomic E-state index is 12.6. The molecule has 3 aromatic rings. The van der Waals surface area contributed by atoms with Gasteiger partial charge in [-0.2, -0.15) is 23.1 Å². The Balaban J connectivity index is 1.70. The molecule has 30 heavy (non-hydrogen) atoms. The van der Waals surface area contributed by atoms with Crippen LogP contribution >= 0.6 is 0 Å². The second kappa shape index (κ2) is 7.94. The summed E-state index contributed by atoms with van der Waals surface area (Å²) in [4.78, 5) is 9.96. The van der Waals surface area contributed by atoms with Crippen molar-refractivity contribution >= 4 is 17.0 Å². The van der Waals surface area contributed by atoms with Crippen molar-refractivity contribution in [2.24, 2.45) is 0 Å². The summed E-state index contributed by atoms with van der Waals surface area (Å²) in [6.07, 6.45) is -4.56. The molecule has 0 bridgehead atoms. The number of β-amino-alcohol motifs (C(OH)–C–C–N with tert-alkyl or cyclic N) is 1. The van der Waals surface area contributed by atoms with Gasteiger partial charge in [-0.25, -0.2) is 4.68 Å². The Morgan fingerprint density at radius 1 is 1.20 bits per heavy atom. The summed E-state index contributed by atoms with van der Waals surface area (Å²) >= 11 is 0. The number of nitrogens with zero attached hydrogens (tertiary/aromatic N) is 6. The smallest absolute Gasteiger partial charge is 0.422 e. The monoisotopic (exact) mass is 424 g/mol. The van der Waals surface area contributed by atoms with E-state index in [9.17, 15) is 18.3 Å². The van der Waals surface area contributed by atoms with Crippen LogP contribution in [0.3, 0.4) is 0 Å². The zero-order chi connectivity index (χ0) is 21.3. The van der Waals surface area contributed by atoms with Crippen molar-refractivity contribution in [2.45, 2.75) is 25.2 Å². The van der Waals surface area contributed by atoms with Gasteiger partial charge in [0, 0.05) is 13.1 Å². The molecule has 1 unspecified atom stereocenters. The summed E-state index contributed by atoms with van der Waals surface area (Å²) in [5.74, 6) is 0.983. The van der Waals surface area contributed by atoms with Crippen LogP contribution in [0.15, 0.2) is 24.3 Å². The molecule has 1 fully saturated rings. The summed E-state index contributed by atoms with van der Waals surface area (Å²) in [6, 6.07) is 6.84. The summed E-state index contributed by atoms with van der Waals surface area (Å²) in [6.45, 7) is -0.452. The minimum atomic E-state index is -4.52. The number of hydrogen-bond acceptors (Lipinski definition) is 8. The highest BCUT2D eigenvalue weighted by molar-refractivity contribution is 5.83. The van der Waals surface area contributed by atoms with Crippen molar-refractivity contribution in [2.75, 3.05) is 31.7 Å². The zero-order valence-electron chi connectivity index (χ0n) is 16.0. The Kier molecular flexibility index (Phi) is 5.33. The molecule has 0 aliphatic carbocycles. The molecule has 9 nitrogen and oxygen atoms in total. The Hall–Kier alpha value is -3.15. The van der Waals surface area contributed by atoms with Gasteiger partial charge in [0.05, 0.1) is 19.8 Å². The van der Waals surface area contributed by atoms with Crippen LogP contribution in [0.4, 0.5) is 19.0 Å². The Morgan fingerprint density at radius 2 is 1.97 bits per heavy atom. The van der Waals surface area contributed by atoms with Crippen molar-refractivity contribution in [1.82, 2.24) is 25.0 Å². The number of aliphatic hydroxyl groups is 1. The fourth-order valence-corrected chi connectivity index (χ4v) is 3.20. The standard InChI is InChI=1S/C18H19F3N6O3/c1-29-13-4-2-11(3-5-13)8-27-16-14(24-25-27)15(26-7-6-12(28)9-26)22-17(23-16)30-10-18(19,20)21/h2-5,12,28H,6-10H2,1H3. The average molecular weight is 424 g/mol. The van der Waals surface area contributed by atoms with Crippen molar-refractivity contribution in [3.63, 3.8) is 0 Å². The molecule has 1 aromatic carbocycles. The number of anilines is 1. The second-order valence-electron chi connectivity index (χ2n) is 6.89. The Morgan fingerprint density at radius 3 is 2.60 bits per heavy atom. The van der Waals surface area contributed by atoms with E-state index in [1.165, 1.54) is 4.68 Å². The number of benzene rings is 1. The number of methoxy groups -OCH3 is 1. The van der Waals surface area contributed by atoms with Gasteiger partial charge in [0.25, 0.3) is 0 Å². The second-order valence-corrected chi connectivity index (χ2v) is 6.89. The van der Waals surface area contributed by atoms with Gasteiger partial charge in [0.1, 0.15) is 5.75 Å². The van der Waals surface area contributed by atoms with Crippen LogP contribution in [0.2, 0.25) is 0 Å². The lowest BCUT2D eigenvalue weighted by Crippen LogP contribution is -2.24. The van der Waals surface area contributed by atoms with Crippen LogP contribution in [0.1, 0.15) is 12.0 Å². The van der Waals surface area contributed by atoms with Gasteiger partial charge in [-0.1, -0.05) is 17.3 Å². The number of rotatable bonds is 6. The third-order valence-electron chi connectivity index (χ3n) is 4.64. The largest absolute Gasteiger partial charge is 0.497 e. The number of ether oxygens (including phenoxy) is 2. The van der Waals surface area contributed by atoms with E-state index in [1.807, 2.05) is 12.1 Å². The molecule has 0 spiro atoms. The van der Waals surface area contributed by atoms with Crippen LogP contribution in [0.25, 0.3) is 11.2 Å². The highest BCUT2D eigenvalue weighted by atomic mass is 19.4. The number of alkyl halides is 3. The molecule has 1 aliphatic heterocycles. The van der Waals surface area contributed by atoms with Gasteiger partial charge in [-0.3, -0.25) is 0 Å². The molecular formula is C18H19F3N6O3. The van der Waals surface area contributed by atoms with Crippen LogP contribution in [0.5, 0.6) is 11.8 Å². The first-order valence-corrected chi connectivity index (χ1v) is 9.19. The molecule has 0 saturated carbocycles. The molecule has 1 atom stereocenters. The van der Waals surface area contributed by atoms with Crippen LogP contribution < -0.4 is 14.4 Å². The highest BCUT2D eigenvalue weighted by Crippen LogP contribution is 2.28. The van der Waals surface area contributed by atoms with Crippen LogP contribution in [-0.2, 0) is 6.54 Å². The fraction of sp³-hybridized carbons (Fsp3) is 0.444. The molecule has 0 amide bonds. The average Bonchev–Trinajstić information content (AvgIpc) is 3.32. The van der Waals surface area contributed by atoms with Gasteiger partial charge < -0.3 is 19.5 Å². The number of aliphatic hydroxyl groups excluding tert-OH is 1. The minimum Gasteiger partial charge on any atom is -0.497 e. The predicted molar refractivity (Wildman–Crippen MR) is 99.6 cm³/mol. The van der Waals surface area contributed by atoms with Gasteiger partial charge >= 0.3 is 12.2 Å². The minimum absolute atomic E-state index is 0.245. The van der Waals surface area contributed by atoms with E-state index >= 15 is 0 Å². The number of halogens is 3. The summed E-state index contributed by atoms with van der Waals surface area (Å²) < 4.78 is 49.2. The third-order valence-corrected chi connectivity index (χ3v) is 4.64. The lowest BCUT2D eigenvalue weighted by molar-refractivity contribution is -0.154. The summed E-state index contributed by atoms with van der Waals surface area (Å²) in [5, 5.41) is 18.1.